The van der Waals surface area contributed by atoms with E-state index in [9.17, 15) is 18.4 Å². The summed E-state index contributed by atoms with van der Waals surface area (Å²) in [4.78, 5) is 26.4. The van der Waals surface area contributed by atoms with Crippen LogP contribution in [0.15, 0.2) is 45.9 Å². The summed E-state index contributed by atoms with van der Waals surface area (Å²) in [5, 5.41) is 6.33. The van der Waals surface area contributed by atoms with Crippen molar-refractivity contribution >= 4 is 18.0 Å². The molecule has 2 amide bonds. The van der Waals surface area contributed by atoms with Crippen molar-refractivity contribution in [3.05, 3.63) is 53.7 Å². The predicted octanol–water partition coefficient (Wildman–Crippen LogP) is 2.02. The number of carbonyl (C=O) groups excluding carboxylic acids is 2. The molecule has 24 heavy (non-hydrogen) atoms. The second kappa shape index (κ2) is 6.53. The molecular formula is C16H11F2N3O3. The summed E-state index contributed by atoms with van der Waals surface area (Å²) in [6.07, 6.45) is 3.91. The topological polar surface area (TPSA) is 84.6 Å². The first kappa shape index (κ1) is 15.7. The lowest BCUT2D eigenvalue weighted by atomic mass is 10.1. The smallest absolute Gasteiger partial charge is 0.269 e. The van der Waals surface area contributed by atoms with Gasteiger partial charge < -0.3 is 9.84 Å². The van der Waals surface area contributed by atoms with Crippen molar-refractivity contribution in [2.75, 3.05) is 0 Å². The van der Waals surface area contributed by atoms with Crippen molar-refractivity contribution < 1.29 is 22.9 Å². The van der Waals surface area contributed by atoms with Crippen LogP contribution in [-0.4, -0.2) is 23.2 Å². The van der Waals surface area contributed by atoms with Crippen LogP contribution in [0.3, 0.4) is 0 Å². The molecule has 8 heteroatoms. The van der Waals surface area contributed by atoms with Crippen LogP contribution in [-0.2, 0) is 16.1 Å². The fraction of sp³-hybridized carbons (Fsp3) is 0.125. The summed E-state index contributed by atoms with van der Waals surface area (Å²) >= 11 is 0. The van der Waals surface area contributed by atoms with Crippen LogP contribution >= 0.6 is 0 Å². The molecule has 0 spiro atoms. The number of nitrogens with zero attached hydrogens (tertiary/aromatic N) is 2. The highest BCUT2D eigenvalue weighted by Crippen LogP contribution is 2.24. The van der Waals surface area contributed by atoms with Gasteiger partial charge in [-0.1, -0.05) is 11.2 Å². The van der Waals surface area contributed by atoms with E-state index >= 15 is 0 Å². The van der Waals surface area contributed by atoms with Gasteiger partial charge in [0.25, 0.3) is 5.91 Å². The largest absolute Gasteiger partial charge is 0.356 e. The van der Waals surface area contributed by atoms with Gasteiger partial charge in [-0.2, -0.15) is 0 Å². The number of hydrogen-bond acceptors (Lipinski definition) is 4. The Morgan fingerprint density at radius 3 is 2.83 bits per heavy atom. The molecule has 0 radical (unpaired) electrons. The van der Waals surface area contributed by atoms with Crippen LogP contribution in [0.5, 0.6) is 0 Å². The predicted molar refractivity (Wildman–Crippen MR) is 79.8 cm³/mol. The van der Waals surface area contributed by atoms with Gasteiger partial charge in [-0.25, -0.2) is 13.8 Å². The Kier molecular flexibility index (Phi) is 4.28. The molecule has 2 aromatic rings. The zero-order chi connectivity index (χ0) is 17.1. The van der Waals surface area contributed by atoms with Crippen molar-refractivity contribution in [1.82, 2.24) is 10.5 Å². The van der Waals surface area contributed by atoms with E-state index in [1.54, 1.807) is 0 Å². The molecule has 2 heterocycles. The van der Waals surface area contributed by atoms with Gasteiger partial charge in [0.15, 0.2) is 5.76 Å². The average molecular weight is 331 g/mol. The molecule has 3 rings (SSSR count). The Labute approximate surface area is 134 Å². The number of dihydropyridines is 1. The minimum Gasteiger partial charge on any atom is -0.356 e. The van der Waals surface area contributed by atoms with Gasteiger partial charge in [-0.3, -0.25) is 9.59 Å². The molecule has 1 N–H and O–H groups in total. The molecule has 1 aliphatic rings. The number of hydrogen-bond donors (Lipinski definition) is 1. The molecule has 0 saturated heterocycles. The first-order valence-electron chi connectivity index (χ1n) is 6.98. The third-order valence-corrected chi connectivity index (χ3v) is 3.31. The molecular weight excluding hydrogens is 320 g/mol. The van der Waals surface area contributed by atoms with Crippen LogP contribution < -0.4 is 5.32 Å². The molecule has 0 saturated carbocycles. The van der Waals surface area contributed by atoms with E-state index in [0.717, 1.165) is 12.1 Å². The summed E-state index contributed by atoms with van der Waals surface area (Å²) < 4.78 is 31.6. The van der Waals surface area contributed by atoms with Gasteiger partial charge in [0.05, 0.1) is 18.0 Å². The Morgan fingerprint density at radius 1 is 1.29 bits per heavy atom. The monoisotopic (exact) mass is 331 g/mol. The van der Waals surface area contributed by atoms with E-state index in [2.05, 4.69) is 15.5 Å². The number of halogens is 2. The van der Waals surface area contributed by atoms with Crippen molar-refractivity contribution in [1.29, 1.82) is 0 Å². The Hall–Kier alpha value is -3.16. The van der Waals surface area contributed by atoms with E-state index in [4.69, 9.17) is 4.52 Å². The SMILES string of the molecule is O=C1C=CC(C(=O)NCc2cc(-c3ccc(F)cc3F)on2)C=N1. The normalized spacial score (nSPS) is 16.4. The maximum atomic E-state index is 13.7. The summed E-state index contributed by atoms with van der Waals surface area (Å²) in [6, 6.07) is 4.55. The van der Waals surface area contributed by atoms with Gasteiger partial charge in [0, 0.05) is 24.4 Å². The third-order valence-electron chi connectivity index (χ3n) is 3.31. The first-order chi connectivity index (χ1) is 11.5. The third kappa shape index (κ3) is 3.43. The lowest BCUT2D eigenvalue weighted by Crippen LogP contribution is -2.31. The minimum absolute atomic E-state index is 0.0529. The fourth-order valence-corrected chi connectivity index (χ4v) is 2.09. The highest BCUT2D eigenvalue weighted by Gasteiger charge is 2.17. The van der Waals surface area contributed by atoms with Gasteiger partial charge in [-0.05, 0) is 12.1 Å². The van der Waals surface area contributed by atoms with Gasteiger partial charge in [-0.15, -0.1) is 0 Å². The molecule has 1 aromatic heterocycles. The van der Waals surface area contributed by atoms with Crippen molar-refractivity contribution in [2.24, 2.45) is 10.9 Å². The minimum atomic E-state index is -0.769. The van der Waals surface area contributed by atoms with Crippen molar-refractivity contribution in [3.63, 3.8) is 0 Å². The average Bonchev–Trinajstić information content (AvgIpc) is 3.02. The fourth-order valence-electron chi connectivity index (χ4n) is 2.09. The molecule has 6 nitrogen and oxygen atoms in total. The lowest BCUT2D eigenvalue weighted by molar-refractivity contribution is -0.122. The summed E-state index contributed by atoms with van der Waals surface area (Å²) in [5.74, 6) is -2.74. The molecule has 0 bridgehead atoms. The molecule has 1 aliphatic heterocycles. The number of benzene rings is 1. The van der Waals surface area contributed by atoms with Gasteiger partial charge in [0.2, 0.25) is 5.91 Å². The van der Waals surface area contributed by atoms with E-state index in [1.807, 2.05) is 0 Å². The highest BCUT2D eigenvalue weighted by atomic mass is 19.1. The maximum Gasteiger partial charge on any atom is 0.269 e. The molecule has 0 aliphatic carbocycles. The second-order valence-corrected chi connectivity index (χ2v) is 5.03. The zero-order valence-corrected chi connectivity index (χ0v) is 12.2. The van der Waals surface area contributed by atoms with Crippen LogP contribution in [0.1, 0.15) is 5.69 Å². The van der Waals surface area contributed by atoms with Crippen LogP contribution in [0.25, 0.3) is 11.3 Å². The molecule has 0 fully saturated rings. The molecule has 1 atom stereocenters. The number of aliphatic imine (C=N–C) groups is 1. The Morgan fingerprint density at radius 2 is 2.12 bits per heavy atom. The van der Waals surface area contributed by atoms with Crippen molar-refractivity contribution in [3.8, 4) is 11.3 Å². The Balaban J connectivity index is 1.64. The standard InChI is InChI=1S/C16H11F2N3O3/c17-10-2-3-12(13(18)5-10)14-6-11(21-24-14)8-20-16(23)9-1-4-15(22)19-7-9/h1-7,9H,8H2,(H,20,23). The summed E-state index contributed by atoms with van der Waals surface area (Å²) in [7, 11) is 0. The number of amides is 2. The molecule has 1 unspecified atom stereocenters. The summed E-state index contributed by atoms with van der Waals surface area (Å²) in [5.41, 5.74) is 0.442. The number of aromatic nitrogens is 1. The van der Waals surface area contributed by atoms with Crippen LogP contribution in [0, 0.1) is 17.6 Å². The van der Waals surface area contributed by atoms with Gasteiger partial charge in [0.1, 0.15) is 17.3 Å². The van der Waals surface area contributed by atoms with E-state index in [-0.39, 0.29) is 23.8 Å². The van der Waals surface area contributed by atoms with Gasteiger partial charge >= 0.3 is 0 Å². The molecule has 122 valence electrons. The number of rotatable bonds is 4. The zero-order valence-electron chi connectivity index (χ0n) is 12.2. The van der Waals surface area contributed by atoms with Crippen LogP contribution in [0.2, 0.25) is 0 Å². The molecule has 1 aromatic carbocycles. The first-order valence-corrected chi connectivity index (χ1v) is 6.98. The quantitative estimate of drug-likeness (QED) is 0.929. The second-order valence-electron chi connectivity index (χ2n) is 5.03. The van der Waals surface area contributed by atoms with E-state index < -0.39 is 23.5 Å². The number of carbonyl (C=O) groups is 2. The van der Waals surface area contributed by atoms with Crippen LogP contribution in [0.4, 0.5) is 8.78 Å². The Bertz CT molecular complexity index is 842. The summed E-state index contributed by atoms with van der Waals surface area (Å²) in [6.45, 7) is 0.0529. The highest BCUT2D eigenvalue weighted by molar-refractivity contribution is 6.05. The number of nitrogens with one attached hydrogen (secondary N) is 1. The van der Waals surface area contributed by atoms with E-state index in [1.165, 1.54) is 30.5 Å². The van der Waals surface area contributed by atoms with Crippen molar-refractivity contribution in [2.45, 2.75) is 6.54 Å². The maximum absolute atomic E-state index is 13.7. The lowest BCUT2D eigenvalue weighted by Gasteiger charge is -2.09. The van der Waals surface area contributed by atoms with E-state index in [0.29, 0.717) is 5.69 Å².